The smallest absolute Gasteiger partial charge is 0.848 e. The zero-order chi connectivity index (χ0) is 36.3. The molecule has 0 heterocycles. The van der Waals surface area contributed by atoms with Crippen molar-refractivity contribution in [3.05, 3.63) is 120 Å². The van der Waals surface area contributed by atoms with Crippen LogP contribution < -0.4 is 88.3 Å². The Morgan fingerprint density at radius 1 is 0.528 bits per heavy atom. The van der Waals surface area contributed by atoms with Gasteiger partial charge in [0.1, 0.15) is 0 Å². The number of ether oxygens (including phenoxy) is 5. The van der Waals surface area contributed by atoms with E-state index in [2.05, 4.69) is 0 Å². The number of carbonyl (C=O) groups excluding carboxylic acids is 2. The zero-order valence-electron chi connectivity index (χ0n) is 31.2. The molecule has 2 unspecified atom stereocenters. The summed E-state index contributed by atoms with van der Waals surface area (Å²) in [6.07, 6.45) is -2.49. The number of para-hydroxylation sites is 4. The molecule has 0 saturated carbocycles. The van der Waals surface area contributed by atoms with Crippen LogP contribution >= 0.6 is 0 Å². The zero-order valence-corrected chi connectivity index (χ0v) is 35.2. The van der Waals surface area contributed by atoms with E-state index in [-0.39, 0.29) is 124 Å². The van der Waals surface area contributed by atoms with Gasteiger partial charge in [0.25, 0.3) is 11.8 Å². The average Bonchev–Trinajstić information content (AvgIpc) is 3.16. The summed E-state index contributed by atoms with van der Waals surface area (Å²) in [5.74, 6) is 1.38. The SMILES string of the molecule is CCOc1ccccc1OCC([O-])CN(CCOCCN(CC([O-])COc1ccccc1OCC)C(=O)c1ccccc1)C(=O)c1ccccc1.[Na+].[Na+]. The first-order chi connectivity index (χ1) is 24.9. The van der Waals surface area contributed by atoms with Gasteiger partial charge in [0.15, 0.2) is 23.0 Å². The molecule has 4 aromatic carbocycles. The summed E-state index contributed by atoms with van der Waals surface area (Å²) in [6.45, 7) is 4.53. The molecule has 4 aromatic rings. The van der Waals surface area contributed by atoms with E-state index in [1.165, 1.54) is 9.80 Å². The Labute approximate surface area is 356 Å². The van der Waals surface area contributed by atoms with E-state index in [1.807, 2.05) is 38.1 Å². The topological polar surface area (TPSA) is 133 Å². The van der Waals surface area contributed by atoms with Gasteiger partial charge in [-0.25, -0.2) is 0 Å². The summed E-state index contributed by atoms with van der Waals surface area (Å²) in [6, 6.07) is 31.6. The van der Waals surface area contributed by atoms with Gasteiger partial charge < -0.3 is 43.7 Å². The first-order valence-electron chi connectivity index (χ1n) is 17.2. The molecule has 0 aromatic heterocycles. The molecule has 0 bridgehead atoms. The number of benzene rings is 4. The van der Waals surface area contributed by atoms with Crippen LogP contribution in [0.15, 0.2) is 109 Å². The minimum absolute atomic E-state index is 0. The molecule has 0 saturated heterocycles. The van der Waals surface area contributed by atoms with Crippen molar-refractivity contribution in [3.63, 3.8) is 0 Å². The minimum Gasteiger partial charge on any atom is -0.848 e. The third-order valence-corrected chi connectivity index (χ3v) is 7.62. The Balaban J connectivity index is 0.00000486. The maximum atomic E-state index is 13.4. The largest absolute Gasteiger partial charge is 1.00 e. The molecule has 272 valence electrons. The normalized spacial score (nSPS) is 11.5. The molecule has 0 radical (unpaired) electrons. The van der Waals surface area contributed by atoms with Crippen LogP contribution in [-0.4, -0.2) is 99.6 Å². The Morgan fingerprint density at radius 3 is 1.19 bits per heavy atom. The maximum absolute atomic E-state index is 13.4. The van der Waals surface area contributed by atoms with Crippen molar-refractivity contribution in [2.45, 2.75) is 26.1 Å². The fourth-order valence-electron chi connectivity index (χ4n) is 5.18. The molecule has 0 aliphatic heterocycles. The van der Waals surface area contributed by atoms with Gasteiger partial charge in [0.05, 0.1) is 39.6 Å². The first kappa shape index (κ1) is 46.1. The predicted octanol–water partition coefficient (Wildman–Crippen LogP) is -2.29. The van der Waals surface area contributed by atoms with Crippen molar-refractivity contribution < 1.29 is 103 Å². The number of nitrogens with zero attached hydrogens (tertiary/aromatic N) is 2. The van der Waals surface area contributed by atoms with Crippen LogP contribution in [0.3, 0.4) is 0 Å². The van der Waals surface area contributed by atoms with Gasteiger partial charge in [0.2, 0.25) is 0 Å². The van der Waals surface area contributed by atoms with Crippen LogP contribution in [0.2, 0.25) is 0 Å². The van der Waals surface area contributed by atoms with Crippen LogP contribution in [-0.2, 0) is 4.74 Å². The molecule has 13 heteroatoms. The molecule has 2 atom stereocenters. The summed E-state index contributed by atoms with van der Waals surface area (Å²) in [4.78, 5) is 29.7. The fourth-order valence-corrected chi connectivity index (χ4v) is 5.18. The van der Waals surface area contributed by atoms with E-state index < -0.39 is 12.2 Å². The van der Waals surface area contributed by atoms with Crippen molar-refractivity contribution in [1.82, 2.24) is 9.80 Å². The maximum Gasteiger partial charge on any atom is 1.00 e. The van der Waals surface area contributed by atoms with Crippen LogP contribution in [0.5, 0.6) is 23.0 Å². The van der Waals surface area contributed by atoms with Gasteiger partial charge in [-0.2, -0.15) is 0 Å². The summed E-state index contributed by atoms with van der Waals surface area (Å²) >= 11 is 0. The second kappa shape index (κ2) is 25.8. The standard InChI is InChI=1S/C40H46N2O9.2Na/c1-3-48-35-19-11-13-21-37(35)50-29-33(43)27-41(39(45)31-15-7-5-8-16-31)23-25-47-26-24-42(40(46)32-17-9-6-10-18-32)28-34(44)30-51-38-22-14-12-20-36(38)49-4-2;;/h5-22,33-34H,3-4,23-30H2,1-2H3;;/q-2;2*+1. The van der Waals surface area contributed by atoms with Crippen molar-refractivity contribution >= 4 is 11.8 Å². The average molecular weight is 745 g/mol. The summed E-state index contributed by atoms with van der Waals surface area (Å²) in [5, 5.41) is 26.2. The van der Waals surface area contributed by atoms with Gasteiger partial charge >= 0.3 is 59.1 Å². The quantitative estimate of drug-likeness (QED) is 0.0645. The second-order valence-corrected chi connectivity index (χ2v) is 11.5. The number of hydrogen-bond acceptors (Lipinski definition) is 9. The Bertz CT molecular complexity index is 1500. The van der Waals surface area contributed by atoms with Crippen LogP contribution in [0.25, 0.3) is 0 Å². The van der Waals surface area contributed by atoms with Gasteiger partial charge in [0, 0.05) is 37.3 Å². The van der Waals surface area contributed by atoms with Crippen LogP contribution in [0, 0.1) is 0 Å². The molecule has 0 spiro atoms. The fraction of sp³-hybridized carbons (Fsp3) is 0.350. The van der Waals surface area contributed by atoms with E-state index in [0.29, 0.717) is 47.3 Å². The minimum atomic E-state index is -1.25. The molecular formula is C40H46N2Na2O9. The van der Waals surface area contributed by atoms with Crippen molar-refractivity contribution in [2.24, 2.45) is 0 Å². The first-order valence-corrected chi connectivity index (χ1v) is 17.2. The molecule has 0 aliphatic carbocycles. The second-order valence-electron chi connectivity index (χ2n) is 11.5. The van der Waals surface area contributed by atoms with Crippen LogP contribution in [0.4, 0.5) is 0 Å². The molecule has 4 rings (SSSR count). The molecular weight excluding hydrogens is 698 g/mol. The molecule has 0 aliphatic rings. The summed E-state index contributed by atoms with van der Waals surface area (Å²) in [7, 11) is 0. The molecule has 0 fully saturated rings. The number of amides is 2. The molecule has 53 heavy (non-hydrogen) atoms. The van der Waals surface area contributed by atoms with E-state index in [1.54, 1.807) is 84.9 Å². The van der Waals surface area contributed by atoms with Gasteiger partial charge in [-0.3, -0.25) is 9.59 Å². The Morgan fingerprint density at radius 2 is 0.849 bits per heavy atom. The van der Waals surface area contributed by atoms with Gasteiger partial charge in [-0.15, -0.1) is 0 Å². The Kier molecular flexibility index (Phi) is 22.4. The monoisotopic (exact) mass is 744 g/mol. The van der Waals surface area contributed by atoms with E-state index >= 15 is 0 Å². The number of carbonyl (C=O) groups is 2. The third kappa shape index (κ3) is 15.7. The molecule has 11 nitrogen and oxygen atoms in total. The van der Waals surface area contributed by atoms with Crippen molar-refractivity contribution in [3.8, 4) is 23.0 Å². The predicted molar refractivity (Wildman–Crippen MR) is 189 cm³/mol. The summed E-state index contributed by atoms with van der Waals surface area (Å²) < 4.78 is 28.6. The summed E-state index contributed by atoms with van der Waals surface area (Å²) in [5.41, 5.74) is 0.888. The molecule has 0 N–H and O–H groups in total. The van der Waals surface area contributed by atoms with Gasteiger partial charge in [-0.05, 0) is 62.4 Å². The number of rotatable bonds is 22. The Hall–Kier alpha value is -3.10. The van der Waals surface area contributed by atoms with Crippen molar-refractivity contribution in [2.75, 3.05) is 65.8 Å². The third-order valence-electron chi connectivity index (χ3n) is 7.62. The number of hydrogen-bond donors (Lipinski definition) is 0. The van der Waals surface area contributed by atoms with Crippen LogP contribution in [0.1, 0.15) is 34.6 Å². The molecule has 2 amide bonds. The van der Waals surface area contributed by atoms with Gasteiger partial charge in [-0.1, -0.05) is 72.9 Å². The van der Waals surface area contributed by atoms with E-state index in [0.717, 1.165) is 0 Å². The van der Waals surface area contributed by atoms with E-state index in [4.69, 9.17) is 23.7 Å². The van der Waals surface area contributed by atoms with Crippen molar-refractivity contribution in [1.29, 1.82) is 0 Å². The van der Waals surface area contributed by atoms with E-state index in [9.17, 15) is 19.8 Å².